The molecule has 0 saturated heterocycles. The number of ether oxygens (including phenoxy) is 2. The highest BCUT2D eigenvalue weighted by Crippen LogP contribution is 2.14. The Hall–Kier alpha value is -0.870. The molecular weight excluding hydrogens is 532 g/mol. The number of hydrogen-bond donors (Lipinski definition) is 1. The Morgan fingerprint density at radius 3 is 1.33 bits per heavy atom. The van der Waals surface area contributed by atoms with Gasteiger partial charge in [-0.15, -0.1) is 0 Å². The van der Waals surface area contributed by atoms with E-state index in [-0.39, 0.29) is 12.6 Å². The fourth-order valence-electron chi connectivity index (χ4n) is 5.68. The van der Waals surface area contributed by atoms with Gasteiger partial charge in [0.1, 0.15) is 6.10 Å². The second-order valence-electron chi connectivity index (χ2n) is 13.0. The molecule has 0 aromatic rings. The zero-order chi connectivity index (χ0) is 31.3. The van der Waals surface area contributed by atoms with Crippen LogP contribution in [0.25, 0.3) is 0 Å². The Labute approximate surface area is 269 Å². The van der Waals surface area contributed by atoms with Crippen molar-refractivity contribution in [3.05, 3.63) is 12.2 Å². The molecule has 1 unspecified atom stereocenters. The molecule has 1 atom stereocenters. The lowest BCUT2D eigenvalue weighted by molar-refractivity contribution is -0.154. The maximum absolute atomic E-state index is 12.1. The summed E-state index contributed by atoms with van der Waals surface area (Å²) in [6, 6.07) is 0. The highest BCUT2D eigenvalue weighted by Gasteiger charge is 2.13. The second-order valence-corrected chi connectivity index (χ2v) is 13.0. The molecular formula is C39H76O4. The number of unbranched alkanes of at least 4 members (excludes halogenated alkanes) is 26. The maximum Gasteiger partial charge on any atom is 0.306 e. The van der Waals surface area contributed by atoms with Crippen molar-refractivity contribution in [2.75, 3.05) is 19.8 Å². The average molecular weight is 609 g/mol. The minimum Gasteiger partial charge on any atom is -0.457 e. The molecule has 0 amide bonds. The van der Waals surface area contributed by atoms with Gasteiger partial charge in [-0.2, -0.15) is 0 Å². The molecule has 4 nitrogen and oxygen atoms in total. The fourth-order valence-corrected chi connectivity index (χ4v) is 5.68. The molecule has 0 aliphatic rings. The summed E-state index contributed by atoms with van der Waals surface area (Å²) in [4.78, 5) is 12.1. The zero-order valence-electron chi connectivity index (χ0n) is 29.2. The number of hydrogen-bond acceptors (Lipinski definition) is 4. The van der Waals surface area contributed by atoms with Gasteiger partial charge < -0.3 is 14.6 Å². The molecule has 4 heteroatoms. The molecule has 43 heavy (non-hydrogen) atoms. The first kappa shape index (κ1) is 42.1. The third kappa shape index (κ3) is 35.5. The van der Waals surface area contributed by atoms with E-state index in [1.54, 1.807) is 0 Å². The summed E-state index contributed by atoms with van der Waals surface area (Å²) < 4.78 is 11.1. The van der Waals surface area contributed by atoms with E-state index >= 15 is 0 Å². The van der Waals surface area contributed by atoms with Gasteiger partial charge in [0.25, 0.3) is 0 Å². The van der Waals surface area contributed by atoms with E-state index in [9.17, 15) is 9.90 Å². The largest absolute Gasteiger partial charge is 0.457 e. The molecule has 0 spiro atoms. The van der Waals surface area contributed by atoms with Crippen molar-refractivity contribution in [1.29, 1.82) is 0 Å². The number of rotatable bonds is 36. The lowest BCUT2D eigenvalue weighted by Crippen LogP contribution is -2.27. The topological polar surface area (TPSA) is 55.8 Å². The Morgan fingerprint density at radius 2 is 0.907 bits per heavy atom. The number of carbonyl (C=O) groups excluding carboxylic acids is 1. The average Bonchev–Trinajstić information content (AvgIpc) is 3.01. The Morgan fingerprint density at radius 1 is 0.535 bits per heavy atom. The van der Waals surface area contributed by atoms with Gasteiger partial charge in [0.2, 0.25) is 0 Å². The molecule has 0 fully saturated rings. The molecule has 0 bridgehead atoms. The SMILES string of the molecule is CCCCCCCCC/C=C\CCCCCCCCCCOCC(CO)OC(=O)CCCCCCCCCCCCCC. The molecule has 0 heterocycles. The first-order valence-electron chi connectivity index (χ1n) is 19.3. The summed E-state index contributed by atoms with van der Waals surface area (Å²) in [7, 11) is 0. The molecule has 256 valence electrons. The number of carbonyl (C=O) groups is 1. The van der Waals surface area contributed by atoms with Crippen molar-refractivity contribution >= 4 is 5.97 Å². The number of allylic oxidation sites excluding steroid dienone is 2. The third-order valence-electron chi connectivity index (χ3n) is 8.59. The summed E-state index contributed by atoms with van der Waals surface area (Å²) in [6.45, 7) is 5.36. The first-order chi connectivity index (χ1) is 21.2. The van der Waals surface area contributed by atoms with Gasteiger partial charge in [-0.1, -0.05) is 174 Å². The number of aliphatic hydroxyl groups excluding tert-OH is 1. The van der Waals surface area contributed by atoms with E-state index < -0.39 is 6.10 Å². The highest BCUT2D eigenvalue weighted by molar-refractivity contribution is 5.69. The van der Waals surface area contributed by atoms with Crippen molar-refractivity contribution < 1.29 is 19.4 Å². The second kappa shape index (κ2) is 37.3. The van der Waals surface area contributed by atoms with E-state index in [2.05, 4.69) is 26.0 Å². The first-order valence-corrected chi connectivity index (χ1v) is 19.3. The Balaban J connectivity index is 3.39. The van der Waals surface area contributed by atoms with Gasteiger partial charge in [-0.25, -0.2) is 0 Å². The van der Waals surface area contributed by atoms with Gasteiger partial charge in [-0.3, -0.25) is 4.79 Å². The molecule has 0 rings (SSSR count). The Bertz CT molecular complexity index is 561. The molecule has 0 saturated carbocycles. The summed E-state index contributed by atoms with van der Waals surface area (Å²) in [5.41, 5.74) is 0. The lowest BCUT2D eigenvalue weighted by Gasteiger charge is -2.16. The van der Waals surface area contributed by atoms with Crippen molar-refractivity contribution in [2.24, 2.45) is 0 Å². The van der Waals surface area contributed by atoms with Gasteiger partial charge in [0, 0.05) is 13.0 Å². The molecule has 0 aromatic carbocycles. The van der Waals surface area contributed by atoms with Crippen molar-refractivity contribution in [1.82, 2.24) is 0 Å². The number of aliphatic hydroxyl groups is 1. The predicted molar refractivity (Wildman–Crippen MR) is 187 cm³/mol. The van der Waals surface area contributed by atoms with E-state index in [0.29, 0.717) is 19.6 Å². The van der Waals surface area contributed by atoms with Crippen LogP contribution in [-0.2, 0) is 14.3 Å². The smallest absolute Gasteiger partial charge is 0.306 e. The summed E-state index contributed by atoms with van der Waals surface area (Å²) >= 11 is 0. The molecule has 1 N–H and O–H groups in total. The van der Waals surface area contributed by atoms with Crippen molar-refractivity contribution in [3.8, 4) is 0 Å². The Kier molecular flexibility index (Phi) is 36.6. The molecule has 0 aliphatic carbocycles. The minimum absolute atomic E-state index is 0.167. The maximum atomic E-state index is 12.1. The zero-order valence-corrected chi connectivity index (χ0v) is 29.2. The highest BCUT2D eigenvalue weighted by atomic mass is 16.6. The normalized spacial score (nSPS) is 12.3. The van der Waals surface area contributed by atoms with Crippen LogP contribution in [0.4, 0.5) is 0 Å². The summed E-state index contributed by atoms with van der Waals surface area (Å²) in [6.07, 6.45) is 42.6. The van der Waals surface area contributed by atoms with Crippen LogP contribution in [0.2, 0.25) is 0 Å². The summed E-state index contributed by atoms with van der Waals surface area (Å²) in [5.74, 6) is -0.200. The molecule has 0 aliphatic heterocycles. The third-order valence-corrected chi connectivity index (χ3v) is 8.59. The predicted octanol–water partition coefficient (Wildman–Crippen LogP) is 12.2. The monoisotopic (exact) mass is 609 g/mol. The quantitative estimate of drug-likeness (QED) is 0.0437. The van der Waals surface area contributed by atoms with E-state index in [0.717, 1.165) is 19.3 Å². The minimum atomic E-state index is -0.528. The van der Waals surface area contributed by atoms with Gasteiger partial charge in [-0.05, 0) is 38.5 Å². The van der Waals surface area contributed by atoms with E-state index in [1.165, 1.54) is 167 Å². The van der Waals surface area contributed by atoms with Crippen molar-refractivity contribution in [3.63, 3.8) is 0 Å². The van der Waals surface area contributed by atoms with Crippen molar-refractivity contribution in [2.45, 2.75) is 213 Å². The van der Waals surface area contributed by atoms with Crippen LogP contribution in [0.3, 0.4) is 0 Å². The van der Waals surface area contributed by atoms with Crippen LogP contribution in [0.5, 0.6) is 0 Å². The molecule has 0 radical (unpaired) electrons. The van der Waals surface area contributed by atoms with Crippen LogP contribution < -0.4 is 0 Å². The summed E-state index contributed by atoms with van der Waals surface area (Å²) in [5, 5.41) is 9.55. The molecule has 0 aromatic heterocycles. The van der Waals surface area contributed by atoms with Crippen LogP contribution in [0.1, 0.15) is 206 Å². The number of esters is 1. The van der Waals surface area contributed by atoms with Gasteiger partial charge in [0.15, 0.2) is 0 Å². The standard InChI is InChI=1S/C39H76O4/c1-3-5-7-9-11-13-15-17-18-19-20-21-22-23-25-27-29-31-33-35-42-37-38(36-40)43-39(41)34-32-30-28-26-24-16-14-12-10-8-6-4-2/h18-19,38,40H,3-17,20-37H2,1-2H3/b19-18-. The van der Waals surface area contributed by atoms with Crippen LogP contribution in [-0.4, -0.2) is 37.0 Å². The van der Waals surface area contributed by atoms with Gasteiger partial charge in [0.05, 0.1) is 13.2 Å². The van der Waals surface area contributed by atoms with Crippen LogP contribution in [0.15, 0.2) is 12.2 Å². The fraction of sp³-hybridized carbons (Fsp3) is 0.923. The van der Waals surface area contributed by atoms with Gasteiger partial charge >= 0.3 is 5.97 Å². The van der Waals surface area contributed by atoms with Crippen LogP contribution >= 0.6 is 0 Å². The van der Waals surface area contributed by atoms with Crippen LogP contribution in [0, 0.1) is 0 Å². The van der Waals surface area contributed by atoms with E-state index in [4.69, 9.17) is 9.47 Å². The lowest BCUT2D eigenvalue weighted by atomic mass is 10.0. The van der Waals surface area contributed by atoms with E-state index in [1.807, 2.05) is 0 Å².